The lowest BCUT2D eigenvalue weighted by Crippen LogP contribution is -2.40. The summed E-state index contributed by atoms with van der Waals surface area (Å²) in [5.74, 6) is -1.96. The number of benzene rings is 2. The maximum absolute atomic E-state index is 13.6. The fourth-order valence-corrected chi connectivity index (χ4v) is 3.65. The fourth-order valence-electron chi connectivity index (χ4n) is 2.18. The van der Waals surface area contributed by atoms with Gasteiger partial charge in [-0.25, -0.2) is 22.3 Å². The third kappa shape index (κ3) is 4.39. The van der Waals surface area contributed by atoms with Gasteiger partial charge in [0, 0.05) is 5.54 Å². The van der Waals surface area contributed by atoms with E-state index in [4.69, 9.17) is 5.11 Å². The summed E-state index contributed by atoms with van der Waals surface area (Å²) in [5, 5.41) is 9.02. The van der Waals surface area contributed by atoms with Gasteiger partial charge in [0.15, 0.2) is 0 Å². The third-order valence-electron chi connectivity index (χ3n) is 3.06. The van der Waals surface area contributed by atoms with Crippen LogP contribution in [0.15, 0.2) is 47.4 Å². The van der Waals surface area contributed by atoms with E-state index in [1.807, 2.05) is 0 Å². The van der Waals surface area contributed by atoms with Crippen LogP contribution in [-0.4, -0.2) is 25.0 Å². The second-order valence-corrected chi connectivity index (χ2v) is 8.10. The minimum atomic E-state index is -3.75. The highest BCUT2D eigenvalue weighted by Crippen LogP contribution is 2.25. The molecule has 0 fully saturated rings. The van der Waals surface area contributed by atoms with E-state index in [1.54, 1.807) is 26.8 Å². The number of halogens is 1. The molecule has 7 heteroatoms. The maximum atomic E-state index is 13.6. The Hall–Kier alpha value is -2.25. The highest BCUT2D eigenvalue weighted by molar-refractivity contribution is 7.89. The smallest absolute Gasteiger partial charge is 0.335 e. The molecule has 0 aliphatic rings. The number of carboxylic acids is 1. The maximum Gasteiger partial charge on any atom is 0.335 e. The Balaban J connectivity index is 2.51. The summed E-state index contributed by atoms with van der Waals surface area (Å²) in [6, 6.07) is 9.30. The van der Waals surface area contributed by atoms with Gasteiger partial charge < -0.3 is 5.11 Å². The summed E-state index contributed by atoms with van der Waals surface area (Å²) < 4.78 is 41.0. The van der Waals surface area contributed by atoms with Gasteiger partial charge in [-0.2, -0.15) is 0 Å². The van der Waals surface area contributed by atoms with Crippen molar-refractivity contribution in [3.8, 4) is 11.1 Å². The SMILES string of the molecule is CC(C)(C)NS(=O)(=O)c1cccc(-c2cc(F)cc(C(=O)O)c2)c1. The summed E-state index contributed by atoms with van der Waals surface area (Å²) in [4.78, 5) is 11.1. The van der Waals surface area contributed by atoms with Crippen LogP contribution in [0.1, 0.15) is 31.1 Å². The van der Waals surface area contributed by atoms with Gasteiger partial charge in [-0.3, -0.25) is 0 Å². The zero-order valence-electron chi connectivity index (χ0n) is 13.5. The molecule has 0 aliphatic heterocycles. The number of carboxylic acid groups (broad SMARTS) is 1. The quantitative estimate of drug-likeness (QED) is 0.885. The first-order valence-corrected chi connectivity index (χ1v) is 8.64. The molecule has 0 amide bonds. The Morgan fingerprint density at radius 3 is 2.33 bits per heavy atom. The van der Waals surface area contributed by atoms with Gasteiger partial charge in [-0.05, 0) is 62.2 Å². The van der Waals surface area contributed by atoms with E-state index < -0.39 is 27.3 Å². The van der Waals surface area contributed by atoms with Gasteiger partial charge in [0.2, 0.25) is 10.0 Å². The minimum absolute atomic E-state index is 0.0241. The van der Waals surface area contributed by atoms with Crippen LogP contribution in [0.4, 0.5) is 4.39 Å². The number of carbonyl (C=O) groups is 1. The topological polar surface area (TPSA) is 83.5 Å². The van der Waals surface area contributed by atoms with Crippen LogP contribution < -0.4 is 4.72 Å². The monoisotopic (exact) mass is 351 g/mol. The average Bonchev–Trinajstić information content (AvgIpc) is 2.44. The van der Waals surface area contributed by atoms with Gasteiger partial charge in [0.25, 0.3) is 0 Å². The van der Waals surface area contributed by atoms with Crippen LogP contribution in [0, 0.1) is 5.82 Å². The predicted octanol–water partition coefficient (Wildman–Crippen LogP) is 3.27. The molecule has 0 aliphatic carbocycles. The van der Waals surface area contributed by atoms with E-state index in [1.165, 1.54) is 24.3 Å². The second kappa shape index (κ2) is 6.33. The molecule has 128 valence electrons. The van der Waals surface area contributed by atoms with Crippen molar-refractivity contribution in [3.05, 3.63) is 53.8 Å². The minimum Gasteiger partial charge on any atom is -0.478 e. The van der Waals surface area contributed by atoms with E-state index >= 15 is 0 Å². The summed E-state index contributed by atoms with van der Waals surface area (Å²) in [5.41, 5.74) is -0.149. The van der Waals surface area contributed by atoms with E-state index in [0.717, 1.165) is 12.1 Å². The molecule has 0 aromatic heterocycles. The van der Waals surface area contributed by atoms with Crippen molar-refractivity contribution in [3.63, 3.8) is 0 Å². The largest absolute Gasteiger partial charge is 0.478 e. The first kappa shape index (κ1) is 18.1. The Morgan fingerprint density at radius 1 is 1.08 bits per heavy atom. The molecule has 24 heavy (non-hydrogen) atoms. The zero-order chi connectivity index (χ0) is 18.1. The van der Waals surface area contributed by atoms with Crippen molar-refractivity contribution in [1.29, 1.82) is 0 Å². The molecule has 2 rings (SSSR count). The van der Waals surface area contributed by atoms with Gasteiger partial charge in [-0.1, -0.05) is 12.1 Å². The lowest BCUT2D eigenvalue weighted by Gasteiger charge is -2.20. The van der Waals surface area contributed by atoms with Crippen molar-refractivity contribution in [1.82, 2.24) is 4.72 Å². The average molecular weight is 351 g/mol. The third-order valence-corrected chi connectivity index (χ3v) is 4.82. The molecule has 0 saturated heterocycles. The number of hydrogen-bond donors (Lipinski definition) is 2. The number of hydrogen-bond acceptors (Lipinski definition) is 3. The number of sulfonamides is 1. The van der Waals surface area contributed by atoms with Crippen LogP contribution in [0.25, 0.3) is 11.1 Å². The van der Waals surface area contributed by atoms with Crippen molar-refractivity contribution in [2.75, 3.05) is 0 Å². The standard InChI is InChI=1S/C17H18FNO4S/c1-17(2,3)19-24(22,23)15-6-4-5-11(10-15)12-7-13(16(20)21)9-14(18)8-12/h4-10,19H,1-3H3,(H,20,21). The molecule has 2 aromatic rings. The molecule has 0 atom stereocenters. The van der Waals surface area contributed by atoms with Gasteiger partial charge in [-0.15, -0.1) is 0 Å². The molecule has 0 unspecified atom stereocenters. The second-order valence-electron chi connectivity index (χ2n) is 6.42. The Kier molecular flexibility index (Phi) is 4.77. The van der Waals surface area contributed by atoms with Crippen LogP contribution in [0.2, 0.25) is 0 Å². The summed E-state index contributed by atoms with van der Waals surface area (Å²) >= 11 is 0. The van der Waals surface area contributed by atoms with Crippen molar-refractivity contribution < 1.29 is 22.7 Å². The van der Waals surface area contributed by atoms with Crippen LogP contribution in [-0.2, 0) is 10.0 Å². The summed E-state index contributed by atoms with van der Waals surface area (Å²) in [6.07, 6.45) is 0. The molecule has 0 bridgehead atoms. The van der Waals surface area contributed by atoms with Crippen LogP contribution in [0.3, 0.4) is 0 Å². The van der Waals surface area contributed by atoms with Gasteiger partial charge >= 0.3 is 5.97 Å². The number of rotatable bonds is 4. The lowest BCUT2D eigenvalue weighted by atomic mass is 10.0. The predicted molar refractivity (Wildman–Crippen MR) is 88.9 cm³/mol. The summed E-state index contributed by atoms with van der Waals surface area (Å²) in [6.45, 7) is 5.17. The normalized spacial score (nSPS) is 12.2. The highest BCUT2D eigenvalue weighted by atomic mass is 32.2. The number of aromatic carboxylic acids is 1. The van der Waals surface area contributed by atoms with E-state index in [-0.39, 0.29) is 10.5 Å². The fraction of sp³-hybridized carbons (Fsp3) is 0.235. The molecule has 0 spiro atoms. The van der Waals surface area contributed by atoms with Crippen molar-refractivity contribution in [2.45, 2.75) is 31.2 Å². The molecular formula is C17H18FNO4S. The Morgan fingerprint density at radius 2 is 1.75 bits per heavy atom. The van der Waals surface area contributed by atoms with E-state index in [9.17, 15) is 17.6 Å². The van der Waals surface area contributed by atoms with Gasteiger partial charge in [0.05, 0.1) is 10.5 Å². The molecule has 2 aromatic carbocycles. The van der Waals surface area contributed by atoms with E-state index in [0.29, 0.717) is 11.1 Å². The van der Waals surface area contributed by atoms with E-state index in [2.05, 4.69) is 4.72 Å². The molecule has 0 saturated carbocycles. The summed E-state index contributed by atoms with van der Waals surface area (Å²) in [7, 11) is -3.75. The molecule has 2 N–H and O–H groups in total. The molecule has 0 radical (unpaired) electrons. The number of nitrogens with one attached hydrogen (secondary N) is 1. The Labute approximate surface area is 140 Å². The van der Waals surface area contributed by atoms with Crippen molar-refractivity contribution >= 4 is 16.0 Å². The molecular weight excluding hydrogens is 333 g/mol. The van der Waals surface area contributed by atoms with Crippen LogP contribution in [0.5, 0.6) is 0 Å². The molecule has 5 nitrogen and oxygen atoms in total. The lowest BCUT2D eigenvalue weighted by molar-refractivity contribution is 0.0696. The zero-order valence-corrected chi connectivity index (χ0v) is 14.3. The first-order chi connectivity index (χ1) is 11.0. The van der Waals surface area contributed by atoms with Crippen LogP contribution >= 0.6 is 0 Å². The highest BCUT2D eigenvalue weighted by Gasteiger charge is 2.22. The van der Waals surface area contributed by atoms with Crippen molar-refractivity contribution in [2.24, 2.45) is 0 Å². The molecule has 0 heterocycles. The Bertz CT molecular complexity index is 886. The first-order valence-electron chi connectivity index (χ1n) is 7.16. The van der Waals surface area contributed by atoms with Gasteiger partial charge in [0.1, 0.15) is 5.82 Å².